The highest BCUT2D eigenvalue weighted by Gasteiger charge is 2.06. The van der Waals surface area contributed by atoms with Gasteiger partial charge in [-0.2, -0.15) is 0 Å². The Hall–Kier alpha value is -1.42. The van der Waals surface area contributed by atoms with Gasteiger partial charge in [0.1, 0.15) is 5.82 Å². The first kappa shape index (κ1) is 12.6. The van der Waals surface area contributed by atoms with Crippen molar-refractivity contribution in [2.75, 3.05) is 32.2 Å². The second-order valence-corrected chi connectivity index (χ2v) is 3.79. The molecule has 4 nitrogen and oxygen atoms in total. The SMILES string of the molecule is COCCCN(C)c1ncc(C=O)cc1C. The van der Waals surface area contributed by atoms with E-state index < -0.39 is 0 Å². The van der Waals surface area contributed by atoms with Crippen molar-refractivity contribution in [1.82, 2.24) is 4.98 Å². The fourth-order valence-electron chi connectivity index (χ4n) is 1.61. The van der Waals surface area contributed by atoms with Gasteiger partial charge in [0, 0.05) is 39.1 Å². The predicted octanol–water partition coefficient (Wildman–Crippen LogP) is 1.68. The molecule has 0 spiro atoms. The number of anilines is 1. The van der Waals surface area contributed by atoms with Crippen LogP contribution in [0.1, 0.15) is 22.3 Å². The van der Waals surface area contributed by atoms with Gasteiger partial charge in [-0.05, 0) is 25.0 Å². The molecule has 0 amide bonds. The first-order chi connectivity index (χ1) is 7.69. The lowest BCUT2D eigenvalue weighted by Crippen LogP contribution is -2.21. The standard InChI is InChI=1S/C12H18N2O2/c1-10-7-11(9-15)8-13-12(10)14(2)5-4-6-16-3/h7-9H,4-6H2,1-3H3. The number of nitrogens with zero attached hydrogens (tertiary/aromatic N) is 2. The molecule has 0 unspecified atom stereocenters. The van der Waals surface area contributed by atoms with E-state index >= 15 is 0 Å². The molecule has 0 aliphatic heterocycles. The Kier molecular flexibility index (Phi) is 4.92. The number of carbonyl (C=O) groups excluding carboxylic acids is 1. The van der Waals surface area contributed by atoms with Crippen LogP contribution in [0.15, 0.2) is 12.3 Å². The fourth-order valence-corrected chi connectivity index (χ4v) is 1.61. The second kappa shape index (κ2) is 6.23. The van der Waals surface area contributed by atoms with Gasteiger partial charge in [-0.1, -0.05) is 0 Å². The Morgan fingerprint density at radius 2 is 2.31 bits per heavy atom. The number of pyridine rings is 1. The summed E-state index contributed by atoms with van der Waals surface area (Å²) in [5.74, 6) is 0.918. The predicted molar refractivity (Wildman–Crippen MR) is 64.1 cm³/mol. The highest BCUT2D eigenvalue weighted by Crippen LogP contribution is 2.15. The lowest BCUT2D eigenvalue weighted by molar-refractivity contribution is 0.112. The van der Waals surface area contributed by atoms with Crippen LogP contribution in [0, 0.1) is 6.92 Å². The summed E-state index contributed by atoms with van der Waals surface area (Å²) >= 11 is 0. The van der Waals surface area contributed by atoms with Crippen LogP contribution < -0.4 is 4.90 Å². The van der Waals surface area contributed by atoms with E-state index in [1.807, 2.05) is 20.0 Å². The van der Waals surface area contributed by atoms with Gasteiger partial charge >= 0.3 is 0 Å². The van der Waals surface area contributed by atoms with Crippen molar-refractivity contribution in [2.45, 2.75) is 13.3 Å². The molecule has 0 atom stereocenters. The number of carbonyl (C=O) groups is 1. The van der Waals surface area contributed by atoms with E-state index in [1.54, 1.807) is 13.3 Å². The molecule has 0 bridgehead atoms. The molecular weight excluding hydrogens is 204 g/mol. The third kappa shape index (κ3) is 3.31. The number of hydrogen-bond donors (Lipinski definition) is 0. The Morgan fingerprint density at radius 1 is 1.56 bits per heavy atom. The molecule has 0 N–H and O–H groups in total. The Labute approximate surface area is 96.2 Å². The molecule has 16 heavy (non-hydrogen) atoms. The van der Waals surface area contributed by atoms with Crippen molar-refractivity contribution < 1.29 is 9.53 Å². The van der Waals surface area contributed by atoms with E-state index in [4.69, 9.17) is 4.74 Å². The smallest absolute Gasteiger partial charge is 0.151 e. The summed E-state index contributed by atoms with van der Waals surface area (Å²) in [5.41, 5.74) is 1.64. The molecule has 0 saturated carbocycles. The molecule has 1 aromatic heterocycles. The minimum atomic E-state index is 0.617. The van der Waals surface area contributed by atoms with Crippen molar-refractivity contribution in [3.8, 4) is 0 Å². The average Bonchev–Trinajstić information content (AvgIpc) is 2.29. The molecule has 1 rings (SSSR count). The van der Waals surface area contributed by atoms with E-state index in [0.717, 1.165) is 37.2 Å². The molecule has 0 fully saturated rings. The molecule has 4 heteroatoms. The number of hydrogen-bond acceptors (Lipinski definition) is 4. The first-order valence-electron chi connectivity index (χ1n) is 5.31. The molecule has 1 aromatic rings. The molecule has 0 saturated heterocycles. The maximum Gasteiger partial charge on any atom is 0.151 e. The maximum absolute atomic E-state index is 10.6. The Morgan fingerprint density at radius 3 is 2.88 bits per heavy atom. The third-order valence-electron chi connectivity index (χ3n) is 2.41. The van der Waals surface area contributed by atoms with Gasteiger partial charge in [0.15, 0.2) is 6.29 Å². The number of ether oxygens (including phenoxy) is 1. The summed E-state index contributed by atoms with van der Waals surface area (Å²) in [6, 6.07) is 1.85. The van der Waals surface area contributed by atoms with E-state index in [-0.39, 0.29) is 0 Å². The molecule has 0 aliphatic rings. The Balaban J connectivity index is 2.68. The molecule has 88 valence electrons. The van der Waals surface area contributed by atoms with Crippen molar-refractivity contribution in [1.29, 1.82) is 0 Å². The average molecular weight is 222 g/mol. The van der Waals surface area contributed by atoms with Crippen molar-refractivity contribution in [3.05, 3.63) is 23.4 Å². The minimum absolute atomic E-state index is 0.617. The van der Waals surface area contributed by atoms with Crippen LogP contribution >= 0.6 is 0 Å². The monoisotopic (exact) mass is 222 g/mol. The van der Waals surface area contributed by atoms with Gasteiger partial charge < -0.3 is 9.64 Å². The van der Waals surface area contributed by atoms with Crippen LogP contribution in [0.5, 0.6) is 0 Å². The topological polar surface area (TPSA) is 42.4 Å². The summed E-state index contributed by atoms with van der Waals surface area (Å²) in [4.78, 5) is 16.9. The van der Waals surface area contributed by atoms with Crippen LogP contribution in [0.2, 0.25) is 0 Å². The van der Waals surface area contributed by atoms with Crippen LogP contribution in [0.4, 0.5) is 5.82 Å². The first-order valence-corrected chi connectivity index (χ1v) is 5.31. The van der Waals surface area contributed by atoms with Crippen LogP contribution in [0.3, 0.4) is 0 Å². The summed E-state index contributed by atoms with van der Waals surface area (Å²) < 4.78 is 5.00. The Bertz CT molecular complexity index is 353. The molecule has 0 aliphatic carbocycles. The number of methoxy groups -OCH3 is 1. The van der Waals surface area contributed by atoms with Gasteiger partial charge in [0.05, 0.1) is 0 Å². The lowest BCUT2D eigenvalue weighted by Gasteiger charge is -2.19. The summed E-state index contributed by atoms with van der Waals surface area (Å²) in [6.07, 6.45) is 3.38. The summed E-state index contributed by atoms with van der Waals surface area (Å²) in [5, 5.41) is 0. The van der Waals surface area contributed by atoms with Crippen molar-refractivity contribution in [3.63, 3.8) is 0 Å². The van der Waals surface area contributed by atoms with Gasteiger partial charge in [0.2, 0.25) is 0 Å². The van der Waals surface area contributed by atoms with Crippen LogP contribution in [0.25, 0.3) is 0 Å². The maximum atomic E-state index is 10.6. The fraction of sp³-hybridized carbons (Fsp3) is 0.500. The number of aldehydes is 1. The van der Waals surface area contributed by atoms with Crippen LogP contribution in [-0.2, 0) is 4.74 Å². The van der Waals surface area contributed by atoms with Gasteiger partial charge in [0.25, 0.3) is 0 Å². The molecule has 1 heterocycles. The van der Waals surface area contributed by atoms with Crippen LogP contribution in [-0.4, -0.2) is 38.6 Å². The minimum Gasteiger partial charge on any atom is -0.385 e. The second-order valence-electron chi connectivity index (χ2n) is 3.79. The van der Waals surface area contributed by atoms with Crippen molar-refractivity contribution in [2.24, 2.45) is 0 Å². The lowest BCUT2D eigenvalue weighted by atomic mass is 10.2. The van der Waals surface area contributed by atoms with E-state index in [0.29, 0.717) is 5.56 Å². The number of rotatable bonds is 6. The zero-order valence-corrected chi connectivity index (χ0v) is 10.1. The highest BCUT2D eigenvalue weighted by atomic mass is 16.5. The number of aromatic nitrogens is 1. The van der Waals surface area contributed by atoms with Gasteiger partial charge in [-0.3, -0.25) is 4.79 Å². The van der Waals surface area contributed by atoms with E-state index in [2.05, 4.69) is 9.88 Å². The summed E-state index contributed by atoms with van der Waals surface area (Å²) in [6.45, 7) is 3.60. The largest absolute Gasteiger partial charge is 0.385 e. The summed E-state index contributed by atoms with van der Waals surface area (Å²) in [7, 11) is 3.69. The molecule has 0 aromatic carbocycles. The number of aryl methyl sites for hydroxylation is 1. The highest BCUT2D eigenvalue weighted by molar-refractivity contribution is 5.75. The van der Waals surface area contributed by atoms with Gasteiger partial charge in [-0.25, -0.2) is 4.98 Å². The quantitative estimate of drug-likeness (QED) is 0.542. The normalized spacial score (nSPS) is 10.2. The molecule has 0 radical (unpaired) electrons. The molecular formula is C12H18N2O2. The van der Waals surface area contributed by atoms with Gasteiger partial charge in [-0.15, -0.1) is 0 Å². The van der Waals surface area contributed by atoms with E-state index in [1.165, 1.54) is 0 Å². The van der Waals surface area contributed by atoms with Crippen molar-refractivity contribution >= 4 is 12.1 Å². The van der Waals surface area contributed by atoms with E-state index in [9.17, 15) is 4.79 Å². The zero-order valence-electron chi connectivity index (χ0n) is 10.1. The zero-order chi connectivity index (χ0) is 12.0. The third-order valence-corrected chi connectivity index (χ3v) is 2.41.